The molecule has 0 amide bonds. The summed E-state index contributed by atoms with van der Waals surface area (Å²) < 4.78 is 5.15. The van der Waals surface area contributed by atoms with Crippen LogP contribution in [0.1, 0.15) is 27.0 Å². The van der Waals surface area contributed by atoms with Crippen molar-refractivity contribution in [2.45, 2.75) is 20.0 Å². The van der Waals surface area contributed by atoms with Gasteiger partial charge in [-0.2, -0.15) is 0 Å². The Morgan fingerprint density at radius 1 is 1.33 bits per heavy atom. The van der Waals surface area contributed by atoms with Gasteiger partial charge in [-0.15, -0.1) is 0 Å². The van der Waals surface area contributed by atoms with Gasteiger partial charge in [0.25, 0.3) is 0 Å². The summed E-state index contributed by atoms with van der Waals surface area (Å²) in [6.07, 6.45) is 0.277. The van der Waals surface area contributed by atoms with Crippen molar-refractivity contribution in [2.75, 3.05) is 0 Å². The third kappa shape index (κ3) is 2.88. The number of halogens is 1. The van der Waals surface area contributed by atoms with Gasteiger partial charge < -0.3 is 9.68 Å². The first-order valence-electron chi connectivity index (χ1n) is 6.75. The van der Waals surface area contributed by atoms with E-state index in [2.05, 4.69) is 0 Å². The van der Waals surface area contributed by atoms with Gasteiger partial charge in [0.2, 0.25) is 0 Å². The van der Waals surface area contributed by atoms with E-state index in [0.29, 0.717) is 17.2 Å². The minimum Gasteiger partial charge on any atom is -0.423 e. The number of aryl methyl sites for hydroxylation is 1. The maximum atomic E-state index is 12.3. The van der Waals surface area contributed by atoms with Crippen LogP contribution in [0.15, 0.2) is 36.4 Å². The van der Waals surface area contributed by atoms with Crippen LogP contribution in [-0.4, -0.2) is 17.9 Å². The van der Waals surface area contributed by atoms with E-state index >= 15 is 0 Å². The van der Waals surface area contributed by atoms with Crippen LogP contribution in [0.5, 0.6) is 0 Å². The minimum absolute atomic E-state index is 0.00487. The standard InChI is InChI=1S/C16H14BClO3/c1-10-2-4-12(8-15(10)18)16(19)7-11-3-5-13-9-21-17(20)14(13)6-11/h2-6,8,20H,7,9H2,1H3. The van der Waals surface area contributed by atoms with E-state index in [9.17, 15) is 9.82 Å². The van der Waals surface area contributed by atoms with Crippen LogP contribution in [0.3, 0.4) is 0 Å². The Kier molecular flexibility index (Phi) is 3.85. The zero-order valence-electron chi connectivity index (χ0n) is 11.6. The number of hydrogen-bond donors (Lipinski definition) is 1. The molecule has 0 aromatic heterocycles. The smallest absolute Gasteiger partial charge is 0.423 e. The summed E-state index contributed by atoms with van der Waals surface area (Å²) in [4.78, 5) is 12.3. The fraction of sp³-hybridized carbons (Fsp3) is 0.188. The van der Waals surface area contributed by atoms with Crippen molar-refractivity contribution < 1.29 is 14.5 Å². The van der Waals surface area contributed by atoms with E-state index in [1.807, 2.05) is 31.2 Å². The second kappa shape index (κ2) is 5.64. The van der Waals surface area contributed by atoms with E-state index in [1.165, 1.54) is 0 Å². The first kappa shape index (κ1) is 14.3. The summed E-state index contributed by atoms with van der Waals surface area (Å²) in [6, 6.07) is 11.0. The van der Waals surface area contributed by atoms with Gasteiger partial charge in [-0.1, -0.05) is 41.9 Å². The highest BCUT2D eigenvalue weighted by molar-refractivity contribution is 6.61. The van der Waals surface area contributed by atoms with E-state index in [0.717, 1.165) is 22.2 Å². The molecule has 21 heavy (non-hydrogen) atoms. The Hall–Kier alpha value is -1.62. The van der Waals surface area contributed by atoms with Crippen molar-refractivity contribution in [3.05, 3.63) is 63.7 Å². The topological polar surface area (TPSA) is 46.5 Å². The number of Topliss-reactive ketones (excluding diaryl/α,β-unsaturated/α-hetero) is 1. The van der Waals surface area contributed by atoms with Crippen LogP contribution in [0, 0.1) is 6.92 Å². The molecule has 0 aliphatic carbocycles. The molecule has 0 fully saturated rings. The van der Waals surface area contributed by atoms with Crippen LogP contribution in [0.4, 0.5) is 0 Å². The zero-order valence-corrected chi connectivity index (χ0v) is 12.4. The first-order chi connectivity index (χ1) is 10.0. The lowest BCUT2D eigenvalue weighted by molar-refractivity contribution is 0.0993. The van der Waals surface area contributed by atoms with Crippen molar-refractivity contribution in [3.8, 4) is 0 Å². The van der Waals surface area contributed by atoms with Gasteiger partial charge in [-0.3, -0.25) is 4.79 Å². The molecular weight excluding hydrogens is 286 g/mol. The van der Waals surface area contributed by atoms with Gasteiger partial charge in [-0.05, 0) is 35.1 Å². The number of carbonyl (C=O) groups excluding carboxylic acids is 1. The minimum atomic E-state index is -0.885. The highest BCUT2D eigenvalue weighted by Gasteiger charge is 2.27. The van der Waals surface area contributed by atoms with E-state index in [4.69, 9.17) is 16.3 Å². The summed E-state index contributed by atoms with van der Waals surface area (Å²) >= 11 is 6.05. The predicted molar refractivity (Wildman–Crippen MR) is 83.1 cm³/mol. The number of ketones is 1. The van der Waals surface area contributed by atoms with Crippen molar-refractivity contribution in [1.29, 1.82) is 0 Å². The van der Waals surface area contributed by atoms with E-state index in [-0.39, 0.29) is 12.2 Å². The van der Waals surface area contributed by atoms with Gasteiger partial charge in [0, 0.05) is 17.0 Å². The molecule has 0 saturated carbocycles. The maximum absolute atomic E-state index is 12.3. The van der Waals surface area contributed by atoms with Gasteiger partial charge >= 0.3 is 7.12 Å². The van der Waals surface area contributed by atoms with Crippen molar-refractivity contribution in [1.82, 2.24) is 0 Å². The molecule has 0 bridgehead atoms. The molecule has 1 aliphatic rings. The molecule has 106 valence electrons. The Morgan fingerprint density at radius 3 is 2.90 bits per heavy atom. The lowest BCUT2D eigenvalue weighted by Crippen LogP contribution is -2.28. The van der Waals surface area contributed by atoms with Crippen LogP contribution < -0.4 is 5.46 Å². The van der Waals surface area contributed by atoms with Crippen molar-refractivity contribution in [3.63, 3.8) is 0 Å². The molecule has 3 rings (SSSR count). The Bertz CT molecular complexity index is 715. The zero-order chi connectivity index (χ0) is 15.0. The summed E-state index contributed by atoms with van der Waals surface area (Å²) in [5.74, 6) is 0.00487. The molecule has 5 heteroatoms. The number of carbonyl (C=O) groups is 1. The number of hydrogen-bond acceptors (Lipinski definition) is 3. The molecule has 0 saturated heterocycles. The van der Waals surface area contributed by atoms with Gasteiger partial charge in [0.15, 0.2) is 5.78 Å². The van der Waals surface area contributed by atoms with Crippen molar-refractivity contribution in [2.24, 2.45) is 0 Å². The van der Waals surface area contributed by atoms with E-state index in [1.54, 1.807) is 12.1 Å². The molecule has 0 spiro atoms. The first-order valence-corrected chi connectivity index (χ1v) is 7.13. The Balaban J connectivity index is 1.82. The predicted octanol–water partition coefficient (Wildman–Crippen LogP) is 2.29. The molecule has 3 nitrogen and oxygen atoms in total. The number of rotatable bonds is 3. The summed E-state index contributed by atoms with van der Waals surface area (Å²) in [5, 5.41) is 10.3. The molecule has 2 aromatic carbocycles. The lowest BCUT2D eigenvalue weighted by Gasteiger charge is -2.06. The van der Waals surface area contributed by atoms with Gasteiger partial charge in [-0.25, -0.2) is 0 Å². The Morgan fingerprint density at radius 2 is 2.14 bits per heavy atom. The maximum Gasteiger partial charge on any atom is 0.491 e. The second-order valence-electron chi connectivity index (χ2n) is 5.26. The summed E-state index contributed by atoms with van der Waals surface area (Å²) in [6.45, 7) is 2.32. The normalized spacial score (nSPS) is 13.4. The van der Waals surface area contributed by atoms with Crippen LogP contribution in [0.2, 0.25) is 5.02 Å². The van der Waals surface area contributed by atoms with Crippen LogP contribution >= 0.6 is 11.6 Å². The van der Waals surface area contributed by atoms with Gasteiger partial charge in [0.1, 0.15) is 0 Å². The molecule has 0 atom stereocenters. The fourth-order valence-electron chi connectivity index (χ4n) is 2.43. The molecule has 0 unspecified atom stereocenters. The lowest BCUT2D eigenvalue weighted by atomic mass is 9.78. The molecule has 1 aliphatic heterocycles. The average molecular weight is 301 g/mol. The monoisotopic (exact) mass is 300 g/mol. The molecule has 1 N–H and O–H groups in total. The van der Waals surface area contributed by atoms with E-state index < -0.39 is 7.12 Å². The average Bonchev–Trinajstić information content (AvgIpc) is 2.83. The van der Waals surface area contributed by atoms with Crippen LogP contribution in [0.25, 0.3) is 0 Å². The molecule has 1 heterocycles. The molecular formula is C16H14BClO3. The van der Waals surface area contributed by atoms with Gasteiger partial charge in [0.05, 0.1) is 6.61 Å². The highest BCUT2D eigenvalue weighted by Crippen LogP contribution is 2.19. The largest absolute Gasteiger partial charge is 0.491 e. The Labute approximate surface area is 128 Å². The molecule has 0 radical (unpaired) electrons. The second-order valence-corrected chi connectivity index (χ2v) is 5.67. The quantitative estimate of drug-likeness (QED) is 0.699. The summed E-state index contributed by atoms with van der Waals surface area (Å²) in [7, 11) is -0.885. The third-order valence-corrected chi connectivity index (χ3v) is 4.14. The number of benzene rings is 2. The fourth-order valence-corrected chi connectivity index (χ4v) is 2.61. The molecule has 2 aromatic rings. The highest BCUT2D eigenvalue weighted by atomic mass is 35.5. The number of fused-ring (bicyclic) bond motifs is 1. The van der Waals surface area contributed by atoms with Crippen LogP contribution in [-0.2, 0) is 17.7 Å². The van der Waals surface area contributed by atoms with Crippen molar-refractivity contribution >= 4 is 30.0 Å². The third-order valence-electron chi connectivity index (χ3n) is 3.73. The summed E-state index contributed by atoms with van der Waals surface area (Å²) in [5.41, 5.74) is 4.13. The SMILES string of the molecule is Cc1ccc(C(=O)Cc2ccc3c(c2)B(O)OC3)cc1Cl.